The zero-order valence-electron chi connectivity index (χ0n) is 25.0. The van der Waals surface area contributed by atoms with Gasteiger partial charge in [-0.2, -0.15) is 0 Å². The summed E-state index contributed by atoms with van der Waals surface area (Å²) < 4.78 is 5.25. The van der Waals surface area contributed by atoms with Gasteiger partial charge in [0, 0.05) is 53.9 Å². The normalized spacial score (nSPS) is 14.0. The summed E-state index contributed by atoms with van der Waals surface area (Å²) in [6, 6.07) is 17.0. The number of ether oxygens (including phenoxy) is 1. The molecule has 2 aromatic heterocycles. The lowest BCUT2D eigenvalue weighted by molar-refractivity contribution is -0.132. The standard InChI is InChI=1S/C33H36N6O4/c1-32(2,3)43-31(42)36-18-28(40)39-19-23-16-25(10-11-27(23)33(4,5)20-39)38-30(41)26-7-6-13-35-29(26)37-24-9-8-21-12-14-34-17-22(21)15-24/h6-17H,18-20H2,1-5H3,(H,35,37)(H,36,42)(H,38,41). The SMILES string of the molecule is CC(C)(C)OC(=O)NCC(=O)N1Cc2cc(NC(=O)c3cccnc3Nc3ccc4ccncc4c3)ccc2C(C)(C)C1. The first kappa shape index (κ1) is 29.5. The Balaban J connectivity index is 1.30. The van der Waals surface area contributed by atoms with E-state index in [1.54, 1.807) is 56.4 Å². The van der Waals surface area contributed by atoms with Gasteiger partial charge in [-0.15, -0.1) is 0 Å². The third kappa shape index (κ3) is 7.09. The predicted octanol–water partition coefficient (Wildman–Crippen LogP) is 5.77. The smallest absolute Gasteiger partial charge is 0.408 e. The number of fused-ring (bicyclic) bond motifs is 2. The lowest BCUT2D eigenvalue weighted by atomic mass is 9.78. The number of hydrogen-bond acceptors (Lipinski definition) is 7. The van der Waals surface area contributed by atoms with E-state index in [2.05, 4.69) is 39.8 Å². The molecule has 0 bridgehead atoms. The molecule has 3 heterocycles. The summed E-state index contributed by atoms with van der Waals surface area (Å²) in [4.78, 5) is 48.9. The van der Waals surface area contributed by atoms with E-state index in [1.807, 2.05) is 42.5 Å². The Bertz CT molecular complexity index is 1690. The molecule has 10 heteroatoms. The van der Waals surface area contributed by atoms with Crippen molar-refractivity contribution in [2.45, 2.75) is 52.2 Å². The molecule has 0 spiro atoms. The summed E-state index contributed by atoms with van der Waals surface area (Å²) in [6.45, 7) is 10.1. The zero-order valence-corrected chi connectivity index (χ0v) is 25.0. The van der Waals surface area contributed by atoms with E-state index in [9.17, 15) is 14.4 Å². The van der Waals surface area contributed by atoms with Crippen LogP contribution in [-0.2, 0) is 21.5 Å². The van der Waals surface area contributed by atoms with Gasteiger partial charge >= 0.3 is 6.09 Å². The highest BCUT2D eigenvalue weighted by Crippen LogP contribution is 2.35. The van der Waals surface area contributed by atoms with E-state index in [4.69, 9.17) is 4.74 Å². The number of nitrogens with one attached hydrogen (secondary N) is 3. The highest BCUT2D eigenvalue weighted by atomic mass is 16.6. The Morgan fingerprint density at radius 2 is 1.77 bits per heavy atom. The third-order valence-electron chi connectivity index (χ3n) is 7.13. The molecule has 5 rings (SSSR count). The van der Waals surface area contributed by atoms with E-state index in [0.29, 0.717) is 30.2 Å². The minimum Gasteiger partial charge on any atom is -0.444 e. The molecule has 0 fully saturated rings. The second kappa shape index (κ2) is 11.7. The van der Waals surface area contributed by atoms with Crippen molar-refractivity contribution in [1.82, 2.24) is 20.2 Å². The number of benzene rings is 2. The molecule has 10 nitrogen and oxygen atoms in total. The number of hydrogen-bond donors (Lipinski definition) is 3. The third-order valence-corrected chi connectivity index (χ3v) is 7.13. The quantitative estimate of drug-likeness (QED) is 0.264. The highest BCUT2D eigenvalue weighted by Gasteiger charge is 2.34. The maximum atomic E-state index is 13.4. The van der Waals surface area contributed by atoms with Crippen molar-refractivity contribution in [2.24, 2.45) is 0 Å². The maximum absolute atomic E-state index is 13.4. The van der Waals surface area contributed by atoms with Crippen molar-refractivity contribution in [3.05, 3.63) is 89.9 Å². The fourth-order valence-corrected chi connectivity index (χ4v) is 5.22. The summed E-state index contributed by atoms with van der Waals surface area (Å²) in [5, 5.41) is 10.8. The van der Waals surface area contributed by atoms with Crippen molar-refractivity contribution in [3.8, 4) is 0 Å². The predicted molar refractivity (Wildman–Crippen MR) is 166 cm³/mol. The van der Waals surface area contributed by atoms with Gasteiger partial charge in [-0.05, 0) is 79.7 Å². The van der Waals surface area contributed by atoms with Crippen LogP contribution in [0.5, 0.6) is 0 Å². The lowest BCUT2D eigenvalue weighted by Crippen LogP contribution is -2.48. The number of anilines is 3. The Morgan fingerprint density at radius 1 is 0.977 bits per heavy atom. The number of carbonyl (C=O) groups excluding carboxylic acids is 3. The maximum Gasteiger partial charge on any atom is 0.408 e. The van der Waals surface area contributed by atoms with Gasteiger partial charge in [0.05, 0.1) is 5.56 Å². The Morgan fingerprint density at radius 3 is 2.56 bits per heavy atom. The molecule has 222 valence electrons. The van der Waals surface area contributed by atoms with Gasteiger partial charge in [0.1, 0.15) is 18.0 Å². The van der Waals surface area contributed by atoms with Crippen LogP contribution in [0.4, 0.5) is 22.0 Å². The fourth-order valence-electron chi connectivity index (χ4n) is 5.22. The number of amides is 3. The van der Waals surface area contributed by atoms with Crippen LogP contribution in [0, 0.1) is 0 Å². The first-order chi connectivity index (χ1) is 20.4. The van der Waals surface area contributed by atoms with Gasteiger partial charge in [-0.25, -0.2) is 9.78 Å². The number of nitrogens with zero attached hydrogens (tertiary/aromatic N) is 3. The van der Waals surface area contributed by atoms with E-state index in [1.165, 1.54) is 0 Å². The molecule has 0 atom stereocenters. The van der Waals surface area contributed by atoms with Crippen LogP contribution in [0.2, 0.25) is 0 Å². The Kier molecular flexibility index (Phi) is 8.04. The first-order valence-electron chi connectivity index (χ1n) is 14.1. The summed E-state index contributed by atoms with van der Waals surface area (Å²) in [5.74, 6) is -0.103. The summed E-state index contributed by atoms with van der Waals surface area (Å²) in [6.07, 6.45) is 4.53. The molecule has 1 aliphatic heterocycles. The second-order valence-electron chi connectivity index (χ2n) is 12.3. The second-order valence-corrected chi connectivity index (χ2v) is 12.3. The molecule has 4 aromatic rings. The summed E-state index contributed by atoms with van der Waals surface area (Å²) in [7, 11) is 0. The van der Waals surface area contributed by atoms with Gasteiger partial charge in [0.2, 0.25) is 5.91 Å². The highest BCUT2D eigenvalue weighted by molar-refractivity contribution is 6.08. The first-order valence-corrected chi connectivity index (χ1v) is 14.1. The number of alkyl carbamates (subject to hydrolysis) is 1. The molecular formula is C33H36N6O4. The van der Waals surface area contributed by atoms with Crippen molar-refractivity contribution in [3.63, 3.8) is 0 Å². The van der Waals surface area contributed by atoms with E-state index in [-0.39, 0.29) is 23.8 Å². The summed E-state index contributed by atoms with van der Waals surface area (Å²) >= 11 is 0. The Labute approximate surface area is 250 Å². The van der Waals surface area contributed by atoms with Gasteiger partial charge < -0.3 is 25.6 Å². The molecule has 3 N–H and O–H groups in total. The van der Waals surface area contributed by atoms with Crippen molar-refractivity contribution in [1.29, 1.82) is 0 Å². The van der Waals surface area contributed by atoms with Crippen LogP contribution >= 0.6 is 0 Å². The van der Waals surface area contributed by atoms with Gasteiger partial charge in [0.15, 0.2) is 0 Å². The number of pyridine rings is 2. The van der Waals surface area contributed by atoms with Crippen molar-refractivity contribution >= 4 is 45.9 Å². The summed E-state index contributed by atoms with van der Waals surface area (Å²) in [5.41, 5.74) is 2.83. The number of aromatic nitrogens is 2. The monoisotopic (exact) mass is 580 g/mol. The molecule has 1 aliphatic rings. The average Bonchev–Trinajstić information content (AvgIpc) is 2.94. The molecule has 2 aromatic carbocycles. The van der Waals surface area contributed by atoms with Crippen LogP contribution in [0.3, 0.4) is 0 Å². The minimum atomic E-state index is -0.652. The van der Waals surface area contributed by atoms with E-state index >= 15 is 0 Å². The van der Waals surface area contributed by atoms with E-state index < -0.39 is 11.7 Å². The van der Waals surface area contributed by atoms with Crippen molar-refractivity contribution < 1.29 is 19.1 Å². The van der Waals surface area contributed by atoms with Crippen LogP contribution in [0.25, 0.3) is 10.8 Å². The molecule has 0 saturated heterocycles. The minimum absolute atomic E-state index is 0.165. The van der Waals surface area contributed by atoms with Gasteiger partial charge in [0.25, 0.3) is 5.91 Å². The molecular weight excluding hydrogens is 544 g/mol. The molecule has 0 radical (unpaired) electrons. The van der Waals surface area contributed by atoms with Crippen LogP contribution in [0.1, 0.15) is 56.1 Å². The van der Waals surface area contributed by atoms with Gasteiger partial charge in [-0.1, -0.05) is 26.0 Å². The number of carbonyl (C=O) groups is 3. The average molecular weight is 581 g/mol. The van der Waals surface area contributed by atoms with Crippen LogP contribution < -0.4 is 16.0 Å². The molecule has 0 aliphatic carbocycles. The van der Waals surface area contributed by atoms with Crippen LogP contribution in [-0.4, -0.2) is 51.5 Å². The molecule has 0 saturated carbocycles. The zero-order chi connectivity index (χ0) is 30.8. The fraction of sp³-hybridized carbons (Fsp3) is 0.303. The number of rotatable bonds is 6. The Hall–Kier alpha value is -4.99. The lowest BCUT2D eigenvalue weighted by Gasteiger charge is -2.40. The van der Waals surface area contributed by atoms with Crippen LogP contribution in [0.15, 0.2) is 73.2 Å². The topological polar surface area (TPSA) is 126 Å². The van der Waals surface area contributed by atoms with Gasteiger partial charge in [-0.3, -0.25) is 14.6 Å². The molecule has 43 heavy (non-hydrogen) atoms. The molecule has 0 unspecified atom stereocenters. The largest absolute Gasteiger partial charge is 0.444 e. The molecule has 3 amide bonds. The van der Waals surface area contributed by atoms with Crippen molar-refractivity contribution in [2.75, 3.05) is 23.7 Å². The van der Waals surface area contributed by atoms with E-state index in [0.717, 1.165) is 27.6 Å².